The molecule has 2 heterocycles. The minimum absolute atomic E-state index is 0.0698. The molecule has 1 amide bonds. The Labute approximate surface area is 191 Å². The Morgan fingerprint density at radius 2 is 1.78 bits per heavy atom. The lowest BCUT2D eigenvalue weighted by atomic mass is 10.1. The first-order valence-corrected chi connectivity index (χ1v) is 12.0. The van der Waals surface area contributed by atoms with Crippen LogP contribution in [0.25, 0.3) is 0 Å². The van der Waals surface area contributed by atoms with Gasteiger partial charge < -0.3 is 9.42 Å². The number of anilines is 1. The van der Waals surface area contributed by atoms with Crippen LogP contribution < -0.4 is 4.72 Å². The van der Waals surface area contributed by atoms with Crippen molar-refractivity contribution in [2.24, 2.45) is 0 Å². The third-order valence-corrected chi connectivity index (χ3v) is 6.87. The summed E-state index contributed by atoms with van der Waals surface area (Å²) in [6.07, 6.45) is 0. The number of nitrogens with zero attached hydrogens (tertiary/aromatic N) is 3. The lowest BCUT2D eigenvalue weighted by Gasteiger charge is -2.34. The zero-order chi connectivity index (χ0) is 22.7. The van der Waals surface area contributed by atoms with Gasteiger partial charge in [0.2, 0.25) is 0 Å². The van der Waals surface area contributed by atoms with E-state index in [0.717, 1.165) is 11.5 Å². The maximum Gasteiger partial charge on any atom is 0.261 e. The Kier molecular flexibility index (Phi) is 6.50. The number of hydrogen-bond donors (Lipinski definition) is 1. The molecule has 1 aliphatic heterocycles. The third kappa shape index (κ3) is 5.12. The molecule has 2 aromatic carbocycles. The number of para-hydroxylation sites is 1. The molecule has 1 aliphatic rings. The van der Waals surface area contributed by atoms with Gasteiger partial charge in [-0.3, -0.25) is 14.4 Å². The number of rotatable bonds is 6. The molecule has 1 aromatic heterocycles. The molecule has 0 radical (unpaired) electrons. The van der Waals surface area contributed by atoms with Crippen LogP contribution in [-0.4, -0.2) is 55.5 Å². The van der Waals surface area contributed by atoms with Crippen molar-refractivity contribution in [3.8, 4) is 0 Å². The summed E-state index contributed by atoms with van der Waals surface area (Å²) in [7, 11) is -3.86. The van der Waals surface area contributed by atoms with Gasteiger partial charge in [0.25, 0.3) is 15.9 Å². The highest BCUT2D eigenvalue weighted by atomic mass is 35.5. The second-order valence-corrected chi connectivity index (χ2v) is 9.73. The highest BCUT2D eigenvalue weighted by molar-refractivity contribution is 7.92. The molecule has 168 valence electrons. The molecule has 0 spiro atoms. The Bertz CT molecular complexity index is 1200. The Morgan fingerprint density at radius 1 is 1.09 bits per heavy atom. The minimum Gasteiger partial charge on any atom is -0.360 e. The maximum atomic E-state index is 13.2. The number of halogens is 1. The molecule has 0 saturated carbocycles. The number of aryl methyl sites for hydroxylation is 1. The minimum atomic E-state index is -3.86. The summed E-state index contributed by atoms with van der Waals surface area (Å²) >= 11 is 5.85. The first-order chi connectivity index (χ1) is 15.3. The third-order valence-electron chi connectivity index (χ3n) is 5.24. The molecule has 3 aromatic rings. The number of amides is 1. The van der Waals surface area contributed by atoms with Crippen molar-refractivity contribution < 1.29 is 17.7 Å². The van der Waals surface area contributed by atoms with Gasteiger partial charge in [0.1, 0.15) is 0 Å². The first-order valence-electron chi connectivity index (χ1n) is 10.1. The maximum absolute atomic E-state index is 13.2. The van der Waals surface area contributed by atoms with Crippen molar-refractivity contribution >= 4 is 33.2 Å². The topological polar surface area (TPSA) is 95.8 Å². The van der Waals surface area contributed by atoms with Crippen LogP contribution in [-0.2, 0) is 16.6 Å². The van der Waals surface area contributed by atoms with Crippen LogP contribution in [0.3, 0.4) is 0 Å². The molecule has 0 aliphatic carbocycles. The van der Waals surface area contributed by atoms with Crippen LogP contribution >= 0.6 is 11.6 Å². The number of nitrogens with one attached hydrogen (secondary N) is 1. The van der Waals surface area contributed by atoms with E-state index in [-0.39, 0.29) is 16.5 Å². The van der Waals surface area contributed by atoms with Gasteiger partial charge in [0.15, 0.2) is 5.76 Å². The van der Waals surface area contributed by atoms with Crippen LogP contribution in [0.5, 0.6) is 0 Å². The molecule has 1 saturated heterocycles. The SMILES string of the molecule is Cc1cc(CN2CCN(C(=O)c3ccccc3NS(=O)(=O)c3ccc(Cl)cc3)CC2)on1. The fourth-order valence-corrected chi connectivity index (χ4v) is 4.77. The van der Waals surface area contributed by atoms with Crippen LogP contribution in [0, 0.1) is 6.92 Å². The van der Waals surface area contributed by atoms with Gasteiger partial charge in [-0.15, -0.1) is 0 Å². The fourth-order valence-electron chi connectivity index (χ4n) is 3.57. The number of piperazine rings is 1. The van der Waals surface area contributed by atoms with Crippen molar-refractivity contribution in [1.29, 1.82) is 0 Å². The summed E-state index contributed by atoms with van der Waals surface area (Å²) in [6.45, 7) is 4.95. The predicted octanol–water partition coefficient (Wildman–Crippen LogP) is 3.40. The van der Waals surface area contributed by atoms with E-state index in [4.69, 9.17) is 16.1 Å². The molecular formula is C22H23ClN4O4S. The zero-order valence-corrected chi connectivity index (χ0v) is 19.1. The van der Waals surface area contributed by atoms with E-state index >= 15 is 0 Å². The van der Waals surface area contributed by atoms with Gasteiger partial charge in [-0.1, -0.05) is 28.9 Å². The average Bonchev–Trinajstić information content (AvgIpc) is 3.19. The Morgan fingerprint density at radius 3 is 2.44 bits per heavy atom. The van der Waals surface area contributed by atoms with Crippen molar-refractivity contribution in [3.05, 3.63) is 76.6 Å². The van der Waals surface area contributed by atoms with Crippen molar-refractivity contribution in [3.63, 3.8) is 0 Å². The van der Waals surface area contributed by atoms with Crippen LogP contribution in [0.2, 0.25) is 5.02 Å². The van der Waals surface area contributed by atoms with E-state index < -0.39 is 10.0 Å². The smallest absolute Gasteiger partial charge is 0.261 e. The second-order valence-electron chi connectivity index (χ2n) is 7.61. The number of carbonyl (C=O) groups excluding carboxylic acids is 1. The quantitative estimate of drug-likeness (QED) is 0.588. The summed E-state index contributed by atoms with van der Waals surface area (Å²) < 4.78 is 33.4. The highest BCUT2D eigenvalue weighted by Gasteiger charge is 2.26. The molecule has 4 rings (SSSR count). The number of aromatic nitrogens is 1. The molecule has 0 bridgehead atoms. The van der Waals surface area contributed by atoms with Crippen LogP contribution in [0.4, 0.5) is 5.69 Å². The fraction of sp³-hybridized carbons (Fsp3) is 0.273. The van der Waals surface area contributed by atoms with Gasteiger partial charge in [-0.2, -0.15) is 0 Å². The Balaban J connectivity index is 1.44. The predicted molar refractivity (Wildman–Crippen MR) is 121 cm³/mol. The summed E-state index contributed by atoms with van der Waals surface area (Å²) in [5.41, 5.74) is 1.39. The molecule has 10 heteroatoms. The normalized spacial score (nSPS) is 15.0. The van der Waals surface area contributed by atoms with Gasteiger partial charge >= 0.3 is 0 Å². The number of carbonyl (C=O) groups is 1. The van der Waals surface area contributed by atoms with Gasteiger partial charge in [-0.25, -0.2) is 8.42 Å². The first kappa shape index (κ1) is 22.3. The number of sulfonamides is 1. The molecule has 1 N–H and O–H groups in total. The van der Waals surface area contributed by atoms with E-state index in [9.17, 15) is 13.2 Å². The van der Waals surface area contributed by atoms with E-state index in [2.05, 4.69) is 14.8 Å². The highest BCUT2D eigenvalue weighted by Crippen LogP contribution is 2.23. The molecule has 8 nitrogen and oxygen atoms in total. The van der Waals surface area contributed by atoms with E-state index in [1.54, 1.807) is 29.2 Å². The van der Waals surface area contributed by atoms with Crippen LogP contribution in [0.1, 0.15) is 21.8 Å². The summed E-state index contributed by atoms with van der Waals surface area (Å²) in [4.78, 5) is 17.2. The lowest BCUT2D eigenvalue weighted by molar-refractivity contribution is 0.0618. The molecular weight excluding hydrogens is 452 g/mol. The molecule has 32 heavy (non-hydrogen) atoms. The van der Waals surface area contributed by atoms with Crippen molar-refractivity contribution in [2.45, 2.75) is 18.4 Å². The standard InChI is InChI=1S/C22H23ClN4O4S/c1-16-14-18(31-24-16)15-26-10-12-27(13-11-26)22(28)20-4-2-3-5-21(20)25-32(29,30)19-8-6-17(23)7-9-19/h2-9,14,25H,10-13,15H2,1H3. The van der Waals surface area contributed by atoms with Crippen LogP contribution in [0.15, 0.2) is 64.0 Å². The second kappa shape index (κ2) is 9.32. The summed E-state index contributed by atoms with van der Waals surface area (Å²) in [5, 5.41) is 4.34. The van der Waals surface area contributed by atoms with E-state index in [1.807, 2.05) is 13.0 Å². The van der Waals surface area contributed by atoms with Gasteiger partial charge in [0, 0.05) is 37.3 Å². The summed E-state index contributed by atoms with van der Waals surface area (Å²) in [6, 6.07) is 14.4. The van der Waals surface area contributed by atoms with E-state index in [0.29, 0.717) is 43.3 Å². The molecule has 0 atom stereocenters. The molecule has 1 fully saturated rings. The number of hydrogen-bond acceptors (Lipinski definition) is 6. The zero-order valence-electron chi connectivity index (χ0n) is 17.5. The molecule has 0 unspecified atom stereocenters. The van der Waals surface area contributed by atoms with Gasteiger partial charge in [0.05, 0.1) is 28.4 Å². The lowest BCUT2D eigenvalue weighted by Crippen LogP contribution is -2.48. The number of benzene rings is 2. The largest absolute Gasteiger partial charge is 0.360 e. The van der Waals surface area contributed by atoms with Crippen molar-refractivity contribution in [1.82, 2.24) is 15.0 Å². The Hall–Kier alpha value is -2.88. The van der Waals surface area contributed by atoms with Gasteiger partial charge in [-0.05, 0) is 43.3 Å². The van der Waals surface area contributed by atoms with E-state index in [1.165, 1.54) is 24.3 Å². The van der Waals surface area contributed by atoms with Crippen molar-refractivity contribution in [2.75, 3.05) is 30.9 Å². The monoisotopic (exact) mass is 474 g/mol. The summed E-state index contributed by atoms with van der Waals surface area (Å²) in [5.74, 6) is 0.582. The average molecular weight is 475 g/mol.